The molecule has 1 atom stereocenters. The van der Waals surface area contributed by atoms with Gasteiger partial charge in [-0.3, -0.25) is 0 Å². The first-order chi connectivity index (χ1) is 9.08. The summed E-state index contributed by atoms with van der Waals surface area (Å²) in [5.41, 5.74) is 3.88. The summed E-state index contributed by atoms with van der Waals surface area (Å²) in [4.78, 5) is 2.27. The van der Waals surface area contributed by atoms with E-state index in [1.54, 1.807) is 0 Å². The summed E-state index contributed by atoms with van der Waals surface area (Å²) >= 11 is 0. The highest BCUT2D eigenvalue weighted by Gasteiger charge is 2.09. The van der Waals surface area contributed by atoms with Crippen molar-refractivity contribution in [3.63, 3.8) is 0 Å². The second-order valence-corrected chi connectivity index (χ2v) is 5.33. The van der Waals surface area contributed by atoms with Crippen LogP contribution >= 0.6 is 0 Å². The molecule has 3 heteroatoms. The zero-order chi connectivity index (χ0) is 14.3. The molecule has 0 aromatic heterocycles. The molecule has 1 aromatic carbocycles. The Morgan fingerprint density at radius 2 is 2.05 bits per heavy atom. The van der Waals surface area contributed by atoms with Gasteiger partial charge in [0, 0.05) is 25.3 Å². The smallest absolute Gasteiger partial charge is 0.0585 e. The van der Waals surface area contributed by atoms with Crippen LogP contribution in [0.4, 0.5) is 5.69 Å². The van der Waals surface area contributed by atoms with Crippen LogP contribution in [-0.4, -0.2) is 37.9 Å². The topological polar surface area (TPSA) is 35.5 Å². The average Bonchev–Trinajstić information content (AvgIpc) is 2.38. The van der Waals surface area contributed by atoms with Crippen LogP contribution in [0, 0.1) is 13.8 Å². The SMILES string of the molecule is CCCNC(CO)CCN(C)c1ccc(C)cc1C. The fourth-order valence-electron chi connectivity index (χ4n) is 2.31. The number of nitrogens with zero attached hydrogens (tertiary/aromatic N) is 1. The van der Waals surface area contributed by atoms with Crippen LogP contribution in [0.1, 0.15) is 30.9 Å². The summed E-state index contributed by atoms with van der Waals surface area (Å²) in [5.74, 6) is 0. The molecule has 1 rings (SSSR count). The van der Waals surface area contributed by atoms with Gasteiger partial charge in [-0.25, -0.2) is 0 Å². The van der Waals surface area contributed by atoms with E-state index >= 15 is 0 Å². The first-order valence-corrected chi connectivity index (χ1v) is 7.21. The highest BCUT2D eigenvalue weighted by Crippen LogP contribution is 2.20. The van der Waals surface area contributed by atoms with Gasteiger partial charge < -0.3 is 15.3 Å². The predicted octanol–water partition coefficient (Wildman–Crippen LogP) is 2.49. The van der Waals surface area contributed by atoms with E-state index in [2.05, 4.69) is 56.2 Å². The number of hydrogen-bond donors (Lipinski definition) is 2. The zero-order valence-electron chi connectivity index (χ0n) is 12.7. The lowest BCUT2D eigenvalue weighted by molar-refractivity contribution is 0.237. The molecule has 1 unspecified atom stereocenters. The molecule has 0 saturated carbocycles. The van der Waals surface area contributed by atoms with Gasteiger partial charge in [0.25, 0.3) is 0 Å². The van der Waals surface area contributed by atoms with E-state index < -0.39 is 0 Å². The Morgan fingerprint density at radius 1 is 1.32 bits per heavy atom. The second kappa shape index (κ2) is 8.18. The van der Waals surface area contributed by atoms with Gasteiger partial charge in [0.2, 0.25) is 0 Å². The number of aliphatic hydroxyl groups is 1. The van der Waals surface area contributed by atoms with Crippen LogP contribution in [0.5, 0.6) is 0 Å². The van der Waals surface area contributed by atoms with Crippen molar-refractivity contribution >= 4 is 5.69 Å². The Bertz CT molecular complexity index is 379. The minimum atomic E-state index is 0.202. The Balaban J connectivity index is 2.51. The van der Waals surface area contributed by atoms with Crippen molar-refractivity contribution in [2.45, 2.75) is 39.7 Å². The van der Waals surface area contributed by atoms with Gasteiger partial charge in [0.15, 0.2) is 0 Å². The summed E-state index contributed by atoms with van der Waals surface area (Å²) in [5, 5.41) is 12.7. The number of aryl methyl sites for hydroxylation is 2. The number of hydrogen-bond acceptors (Lipinski definition) is 3. The fraction of sp³-hybridized carbons (Fsp3) is 0.625. The minimum absolute atomic E-state index is 0.202. The van der Waals surface area contributed by atoms with Gasteiger partial charge in [0.05, 0.1) is 6.61 Å². The van der Waals surface area contributed by atoms with E-state index in [1.165, 1.54) is 16.8 Å². The van der Waals surface area contributed by atoms with Crippen molar-refractivity contribution in [2.24, 2.45) is 0 Å². The van der Waals surface area contributed by atoms with E-state index in [-0.39, 0.29) is 12.6 Å². The van der Waals surface area contributed by atoms with Crippen molar-refractivity contribution in [2.75, 3.05) is 31.6 Å². The highest BCUT2D eigenvalue weighted by molar-refractivity contribution is 5.53. The van der Waals surface area contributed by atoms with Gasteiger partial charge in [0.1, 0.15) is 0 Å². The van der Waals surface area contributed by atoms with Crippen LogP contribution in [0.15, 0.2) is 18.2 Å². The standard InChI is InChI=1S/C16H28N2O/c1-5-9-17-15(12-19)8-10-18(4)16-7-6-13(2)11-14(16)3/h6-7,11,15,17,19H,5,8-10,12H2,1-4H3. The van der Waals surface area contributed by atoms with Crippen molar-refractivity contribution in [3.8, 4) is 0 Å². The number of benzene rings is 1. The molecule has 0 heterocycles. The molecule has 1 aromatic rings. The Kier molecular flexibility index (Phi) is 6.89. The third kappa shape index (κ3) is 5.21. The van der Waals surface area contributed by atoms with Crippen LogP contribution in [-0.2, 0) is 0 Å². The first-order valence-electron chi connectivity index (χ1n) is 7.21. The van der Waals surface area contributed by atoms with Crippen LogP contribution in [0.3, 0.4) is 0 Å². The Morgan fingerprint density at radius 3 is 2.63 bits per heavy atom. The van der Waals surface area contributed by atoms with Gasteiger partial charge >= 0.3 is 0 Å². The van der Waals surface area contributed by atoms with Gasteiger partial charge in [-0.15, -0.1) is 0 Å². The molecule has 0 fully saturated rings. The van der Waals surface area contributed by atoms with Crippen molar-refractivity contribution < 1.29 is 5.11 Å². The normalized spacial score (nSPS) is 12.5. The molecule has 0 radical (unpaired) electrons. The third-order valence-electron chi connectivity index (χ3n) is 3.48. The van der Waals surface area contributed by atoms with E-state index in [4.69, 9.17) is 0 Å². The van der Waals surface area contributed by atoms with Crippen LogP contribution < -0.4 is 10.2 Å². The third-order valence-corrected chi connectivity index (χ3v) is 3.48. The first kappa shape index (κ1) is 16.0. The molecular weight excluding hydrogens is 236 g/mol. The van der Waals surface area contributed by atoms with Crippen molar-refractivity contribution in [1.82, 2.24) is 5.32 Å². The van der Waals surface area contributed by atoms with Gasteiger partial charge in [-0.05, 0) is 44.9 Å². The lowest BCUT2D eigenvalue weighted by atomic mass is 10.1. The predicted molar refractivity (Wildman–Crippen MR) is 83.0 cm³/mol. The highest BCUT2D eigenvalue weighted by atomic mass is 16.3. The molecular formula is C16H28N2O. The van der Waals surface area contributed by atoms with E-state index in [9.17, 15) is 5.11 Å². The molecule has 0 saturated heterocycles. The molecule has 0 amide bonds. The maximum absolute atomic E-state index is 9.35. The summed E-state index contributed by atoms with van der Waals surface area (Å²) in [6, 6.07) is 6.74. The zero-order valence-corrected chi connectivity index (χ0v) is 12.7. The molecule has 0 aliphatic rings. The lowest BCUT2D eigenvalue weighted by Crippen LogP contribution is -2.36. The number of nitrogens with one attached hydrogen (secondary N) is 1. The lowest BCUT2D eigenvalue weighted by Gasteiger charge is -2.24. The molecule has 19 heavy (non-hydrogen) atoms. The average molecular weight is 264 g/mol. The molecule has 3 nitrogen and oxygen atoms in total. The quantitative estimate of drug-likeness (QED) is 0.757. The van der Waals surface area contributed by atoms with Gasteiger partial charge in [-0.2, -0.15) is 0 Å². The Hall–Kier alpha value is -1.06. The maximum Gasteiger partial charge on any atom is 0.0585 e. The molecule has 108 valence electrons. The summed E-state index contributed by atoms with van der Waals surface area (Å²) in [6.45, 7) is 8.54. The fourth-order valence-corrected chi connectivity index (χ4v) is 2.31. The number of aliphatic hydroxyl groups excluding tert-OH is 1. The van der Waals surface area contributed by atoms with Crippen LogP contribution in [0.2, 0.25) is 0 Å². The molecule has 0 spiro atoms. The molecule has 0 aliphatic carbocycles. The summed E-state index contributed by atoms with van der Waals surface area (Å²) in [7, 11) is 2.12. The van der Waals surface area contributed by atoms with Crippen molar-refractivity contribution in [3.05, 3.63) is 29.3 Å². The minimum Gasteiger partial charge on any atom is -0.395 e. The Labute approximate surface area is 117 Å². The van der Waals surface area contributed by atoms with E-state index in [0.29, 0.717) is 0 Å². The summed E-state index contributed by atoms with van der Waals surface area (Å²) in [6.07, 6.45) is 2.06. The number of rotatable bonds is 8. The molecule has 2 N–H and O–H groups in total. The maximum atomic E-state index is 9.35. The van der Waals surface area contributed by atoms with E-state index in [1.807, 2.05) is 0 Å². The largest absolute Gasteiger partial charge is 0.395 e. The van der Waals surface area contributed by atoms with Gasteiger partial charge in [-0.1, -0.05) is 24.6 Å². The van der Waals surface area contributed by atoms with Crippen molar-refractivity contribution in [1.29, 1.82) is 0 Å². The molecule has 0 aliphatic heterocycles. The summed E-state index contributed by atoms with van der Waals surface area (Å²) < 4.78 is 0. The second-order valence-electron chi connectivity index (χ2n) is 5.33. The van der Waals surface area contributed by atoms with E-state index in [0.717, 1.165) is 25.9 Å². The molecule has 0 bridgehead atoms. The monoisotopic (exact) mass is 264 g/mol. The number of anilines is 1. The van der Waals surface area contributed by atoms with Crippen LogP contribution in [0.25, 0.3) is 0 Å².